The van der Waals surface area contributed by atoms with Crippen LogP contribution in [0.3, 0.4) is 0 Å². The molecule has 0 aliphatic heterocycles. The van der Waals surface area contributed by atoms with Crippen molar-refractivity contribution < 1.29 is 4.74 Å². The molecule has 3 heteroatoms. The molecule has 0 saturated heterocycles. The monoisotopic (exact) mass is 355 g/mol. The van der Waals surface area contributed by atoms with Gasteiger partial charge in [0.05, 0.1) is 11.1 Å². The SMILES string of the molecule is CCCCCCCCCOc1ccc(CC(C)N)cc1Br. The lowest BCUT2D eigenvalue weighted by Crippen LogP contribution is -2.17. The quantitative estimate of drug-likeness (QED) is 0.534. The topological polar surface area (TPSA) is 35.2 Å². The van der Waals surface area contributed by atoms with Gasteiger partial charge in [0.15, 0.2) is 0 Å². The van der Waals surface area contributed by atoms with Crippen LogP contribution in [-0.2, 0) is 6.42 Å². The summed E-state index contributed by atoms with van der Waals surface area (Å²) in [5.41, 5.74) is 7.07. The Morgan fingerprint density at radius 3 is 2.38 bits per heavy atom. The molecule has 0 saturated carbocycles. The van der Waals surface area contributed by atoms with E-state index in [0.717, 1.165) is 29.7 Å². The number of hydrogen-bond acceptors (Lipinski definition) is 2. The van der Waals surface area contributed by atoms with Gasteiger partial charge in [-0.05, 0) is 53.4 Å². The van der Waals surface area contributed by atoms with Crippen LogP contribution in [0.1, 0.15) is 64.4 Å². The van der Waals surface area contributed by atoms with Gasteiger partial charge in [-0.1, -0.05) is 51.5 Å². The van der Waals surface area contributed by atoms with Crippen molar-refractivity contribution in [3.63, 3.8) is 0 Å². The first-order valence-electron chi connectivity index (χ1n) is 8.30. The maximum absolute atomic E-state index is 5.85. The van der Waals surface area contributed by atoms with Crippen molar-refractivity contribution in [1.82, 2.24) is 0 Å². The van der Waals surface area contributed by atoms with Crippen LogP contribution in [0.2, 0.25) is 0 Å². The zero-order valence-corrected chi connectivity index (χ0v) is 15.1. The number of rotatable bonds is 11. The third-order valence-corrected chi connectivity index (χ3v) is 4.18. The van der Waals surface area contributed by atoms with Crippen molar-refractivity contribution in [2.75, 3.05) is 6.61 Å². The van der Waals surface area contributed by atoms with E-state index < -0.39 is 0 Å². The number of nitrogens with two attached hydrogens (primary N) is 1. The molecule has 0 spiro atoms. The first-order chi connectivity index (χ1) is 10.1. The molecule has 0 aromatic heterocycles. The van der Waals surface area contributed by atoms with Gasteiger partial charge in [-0.3, -0.25) is 0 Å². The number of ether oxygens (including phenoxy) is 1. The van der Waals surface area contributed by atoms with E-state index in [9.17, 15) is 0 Å². The molecule has 0 radical (unpaired) electrons. The van der Waals surface area contributed by atoms with E-state index in [0.29, 0.717) is 0 Å². The fourth-order valence-corrected chi connectivity index (χ4v) is 2.94. The normalized spacial score (nSPS) is 12.4. The van der Waals surface area contributed by atoms with E-state index in [-0.39, 0.29) is 6.04 Å². The Kier molecular flexibility index (Phi) is 9.77. The van der Waals surface area contributed by atoms with Crippen molar-refractivity contribution in [2.24, 2.45) is 5.73 Å². The van der Waals surface area contributed by atoms with E-state index in [1.54, 1.807) is 0 Å². The molecule has 1 unspecified atom stereocenters. The van der Waals surface area contributed by atoms with E-state index >= 15 is 0 Å². The van der Waals surface area contributed by atoms with Crippen LogP contribution < -0.4 is 10.5 Å². The molecule has 0 bridgehead atoms. The molecule has 0 heterocycles. The minimum absolute atomic E-state index is 0.191. The third kappa shape index (κ3) is 8.47. The zero-order valence-electron chi connectivity index (χ0n) is 13.5. The molecule has 0 aliphatic carbocycles. The number of benzene rings is 1. The van der Waals surface area contributed by atoms with Crippen LogP contribution in [0.4, 0.5) is 0 Å². The van der Waals surface area contributed by atoms with E-state index in [4.69, 9.17) is 10.5 Å². The maximum Gasteiger partial charge on any atom is 0.133 e. The molecule has 0 fully saturated rings. The van der Waals surface area contributed by atoms with E-state index in [1.165, 1.54) is 44.1 Å². The van der Waals surface area contributed by atoms with Crippen molar-refractivity contribution in [3.8, 4) is 5.75 Å². The molecule has 1 rings (SSSR count). The van der Waals surface area contributed by atoms with Crippen molar-refractivity contribution in [3.05, 3.63) is 28.2 Å². The molecule has 2 nitrogen and oxygen atoms in total. The first kappa shape index (κ1) is 18.5. The van der Waals surface area contributed by atoms with Gasteiger partial charge < -0.3 is 10.5 Å². The van der Waals surface area contributed by atoms with Crippen LogP contribution in [0, 0.1) is 0 Å². The van der Waals surface area contributed by atoms with Crippen molar-refractivity contribution in [1.29, 1.82) is 0 Å². The maximum atomic E-state index is 5.85. The molecule has 1 atom stereocenters. The summed E-state index contributed by atoms with van der Waals surface area (Å²) in [4.78, 5) is 0. The number of hydrogen-bond donors (Lipinski definition) is 1. The summed E-state index contributed by atoms with van der Waals surface area (Å²) in [6.07, 6.45) is 10.1. The summed E-state index contributed by atoms with van der Waals surface area (Å²) >= 11 is 3.58. The smallest absolute Gasteiger partial charge is 0.133 e. The van der Waals surface area contributed by atoms with E-state index in [2.05, 4.69) is 35.0 Å². The molecule has 1 aromatic carbocycles. The first-order valence-corrected chi connectivity index (χ1v) is 9.09. The minimum Gasteiger partial charge on any atom is -0.492 e. The minimum atomic E-state index is 0.191. The summed E-state index contributed by atoms with van der Waals surface area (Å²) in [5, 5.41) is 0. The highest BCUT2D eigenvalue weighted by Crippen LogP contribution is 2.26. The summed E-state index contributed by atoms with van der Waals surface area (Å²) in [6, 6.07) is 6.46. The molecular weight excluding hydrogens is 326 g/mol. The lowest BCUT2D eigenvalue weighted by Gasteiger charge is -2.11. The Morgan fingerprint density at radius 2 is 1.76 bits per heavy atom. The summed E-state index contributed by atoms with van der Waals surface area (Å²) in [7, 11) is 0. The van der Waals surface area contributed by atoms with Crippen LogP contribution in [-0.4, -0.2) is 12.6 Å². The largest absolute Gasteiger partial charge is 0.492 e. The van der Waals surface area contributed by atoms with Crippen LogP contribution in [0.25, 0.3) is 0 Å². The van der Waals surface area contributed by atoms with Gasteiger partial charge in [0.2, 0.25) is 0 Å². The predicted octanol–water partition coefficient (Wildman–Crippen LogP) is 5.47. The predicted molar refractivity (Wildman–Crippen MR) is 95.0 cm³/mol. The Hall–Kier alpha value is -0.540. The summed E-state index contributed by atoms with van der Waals surface area (Å²) in [6.45, 7) is 5.09. The average Bonchev–Trinajstić information content (AvgIpc) is 2.43. The molecule has 120 valence electrons. The lowest BCUT2D eigenvalue weighted by molar-refractivity contribution is 0.302. The Morgan fingerprint density at radius 1 is 1.10 bits per heavy atom. The molecule has 0 aliphatic rings. The Balaban J connectivity index is 2.20. The van der Waals surface area contributed by atoms with E-state index in [1.807, 2.05) is 13.0 Å². The zero-order chi connectivity index (χ0) is 15.5. The highest BCUT2D eigenvalue weighted by molar-refractivity contribution is 9.10. The number of unbranched alkanes of at least 4 members (excludes halogenated alkanes) is 6. The van der Waals surface area contributed by atoms with Gasteiger partial charge in [0, 0.05) is 6.04 Å². The third-order valence-electron chi connectivity index (χ3n) is 3.56. The highest BCUT2D eigenvalue weighted by Gasteiger charge is 2.04. The molecule has 2 N–H and O–H groups in total. The second-order valence-corrected chi connectivity index (χ2v) is 6.77. The fourth-order valence-electron chi connectivity index (χ4n) is 2.40. The Labute approximate surface area is 138 Å². The van der Waals surface area contributed by atoms with Crippen molar-refractivity contribution >= 4 is 15.9 Å². The van der Waals surface area contributed by atoms with Gasteiger partial charge in [0.1, 0.15) is 5.75 Å². The summed E-state index contributed by atoms with van der Waals surface area (Å²) in [5.74, 6) is 0.939. The van der Waals surface area contributed by atoms with Gasteiger partial charge in [-0.2, -0.15) is 0 Å². The number of halogens is 1. The van der Waals surface area contributed by atoms with Crippen LogP contribution >= 0.6 is 15.9 Å². The van der Waals surface area contributed by atoms with Gasteiger partial charge in [0.25, 0.3) is 0 Å². The highest BCUT2D eigenvalue weighted by atomic mass is 79.9. The van der Waals surface area contributed by atoms with Crippen molar-refractivity contribution in [2.45, 2.75) is 71.3 Å². The lowest BCUT2D eigenvalue weighted by atomic mass is 10.1. The second kappa shape index (κ2) is 11.1. The molecule has 0 amide bonds. The fraction of sp³-hybridized carbons (Fsp3) is 0.667. The standard InChI is InChI=1S/C18H30BrNO/c1-3-4-5-6-7-8-9-12-21-18-11-10-16(13-15(2)20)14-17(18)19/h10-11,14-15H,3-9,12-13,20H2,1-2H3. The Bertz CT molecular complexity index is 393. The molecule has 1 aromatic rings. The van der Waals surface area contributed by atoms with Gasteiger partial charge in [-0.15, -0.1) is 0 Å². The molecular formula is C18H30BrNO. The summed E-state index contributed by atoms with van der Waals surface area (Å²) < 4.78 is 6.88. The average molecular weight is 356 g/mol. The van der Waals surface area contributed by atoms with Gasteiger partial charge in [-0.25, -0.2) is 0 Å². The van der Waals surface area contributed by atoms with Gasteiger partial charge >= 0.3 is 0 Å². The van der Waals surface area contributed by atoms with Crippen LogP contribution in [0.5, 0.6) is 5.75 Å². The molecule has 21 heavy (non-hydrogen) atoms. The second-order valence-electron chi connectivity index (χ2n) is 5.92. The van der Waals surface area contributed by atoms with Crippen LogP contribution in [0.15, 0.2) is 22.7 Å².